The van der Waals surface area contributed by atoms with E-state index >= 15 is 0 Å². The van der Waals surface area contributed by atoms with Gasteiger partial charge in [0, 0.05) is 19.6 Å². The number of nitrogens with zero attached hydrogens (tertiary/aromatic N) is 3. The molecule has 6 heteroatoms. The first-order chi connectivity index (χ1) is 15.1. The summed E-state index contributed by atoms with van der Waals surface area (Å²) in [5.41, 5.74) is 1.67. The van der Waals surface area contributed by atoms with Crippen molar-refractivity contribution in [3.8, 4) is 0 Å². The number of hydrogen-bond donors (Lipinski definition) is 1. The second-order valence-corrected chi connectivity index (χ2v) is 7.65. The van der Waals surface area contributed by atoms with Crippen molar-refractivity contribution in [2.24, 2.45) is 0 Å². The van der Waals surface area contributed by atoms with Crippen molar-refractivity contribution in [2.75, 3.05) is 6.54 Å². The number of nitrogens with one attached hydrogen (secondary N) is 1. The fourth-order valence-electron chi connectivity index (χ4n) is 3.89. The highest BCUT2D eigenvalue weighted by molar-refractivity contribution is 5.78. The van der Waals surface area contributed by atoms with Gasteiger partial charge in [0.15, 0.2) is 0 Å². The largest absolute Gasteiger partial charge is 0.334 e. The van der Waals surface area contributed by atoms with Gasteiger partial charge in [-0.2, -0.15) is 0 Å². The number of carbonyl (C=O) groups excluding carboxylic acids is 1. The molecule has 0 saturated heterocycles. The first-order valence-corrected chi connectivity index (χ1v) is 11.2. The first-order valence-electron chi connectivity index (χ1n) is 11.2. The lowest BCUT2D eigenvalue weighted by atomic mass is 10.1. The summed E-state index contributed by atoms with van der Waals surface area (Å²) in [5, 5.41) is 3.66. The molecule has 0 bridgehead atoms. The average Bonchev–Trinajstić information content (AvgIpc) is 2.81. The molecule has 1 aromatic heterocycles. The molecule has 31 heavy (non-hydrogen) atoms. The Morgan fingerprint density at radius 1 is 1.06 bits per heavy atom. The van der Waals surface area contributed by atoms with Crippen molar-refractivity contribution < 1.29 is 4.79 Å². The van der Waals surface area contributed by atoms with E-state index in [2.05, 4.69) is 12.2 Å². The Kier molecular flexibility index (Phi) is 7.82. The highest BCUT2D eigenvalue weighted by Gasteiger charge is 2.27. The van der Waals surface area contributed by atoms with Crippen LogP contribution in [0, 0.1) is 0 Å². The van der Waals surface area contributed by atoms with Crippen molar-refractivity contribution in [2.45, 2.75) is 59.2 Å². The number of para-hydroxylation sites is 1. The van der Waals surface area contributed by atoms with E-state index in [1.54, 1.807) is 4.57 Å². The normalized spacial score (nSPS) is 12.0. The SMILES string of the molecule is CCCCN(C(=O)NCc1ccccc1)C(CC)c1nc2ccccc2c(=O)n1CC. The lowest BCUT2D eigenvalue weighted by molar-refractivity contribution is 0.165. The summed E-state index contributed by atoms with van der Waals surface area (Å²) in [6.45, 7) is 7.68. The zero-order valence-corrected chi connectivity index (χ0v) is 18.7. The Balaban J connectivity index is 1.97. The van der Waals surface area contributed by atoms with Gasteiger partial charge in [0.05, 0.1) is 16.9 Å². The van der Waals surface area contributed by atoms with E-state index in [0.29, 0.717) is 42.8 Å². The topological polar surface area (TPSA) is 67.2 Å². The molecule has 1 atom stereocenters. The molecule has 3 aromatic rings. The standard InChI is InChI=1S/C25H32N4O2/c1-4-7-17-29(25(31)26-18-19-13-9-8-10-14-19)22(5-2)23-27-21-16-12-11-15-20(21)24(30)28(23)6-3/h8-16,22H,4-7,17-18H2,1-3H3,(H,26,31). The van der Waals surface area contributed by atoms with Crippen LogP contribution in [-0.4, -0.2) is 27.0 Å². The maximum absolute atomic E-state index is 13.2. The van der Waals surface area contributed by atoms with Crippen LogP contribution >= 0.6 is 0 Å². The minimum absolute atomic E-state index is 0.0540. The molecule has 0 fully saturated rings. The zero-order chi connectivity index (χ0) is 22.2. The zero-order valence-electron chi connectivity index (χ0n) is 18.7. The number of unbranched alkanes of at least 4 members (excludes halogenated alkanes) is 1. The van der Waals surface area contributed by atoms with Crippen LogP contribution < -0.4 is 10.9 Å². The summed E-state index contributed by atoms with van der Waals surface area (Å²) in [6, 6.07) is 16.9. The molecular formula is C25H32N4O2. The van der Waals surface area contributed by atoms with Crippen LogP contribution in [0.1, 0.15) is 57.5 Å². The number of benzene rings is 2. The van der Waals surface area contributed by atoms with Crippen molar-refractivity contribution in [3.05, 3.63) is 76.3 Å². The molecule has 6 nitrogen and oxygen atoms in total. The van der Waals surface area contributed by atoms with Crippen LogP contribution in [-0.2, 0) is 13.1 Å². The fourth-order valence-corrected chi connectivity index (χ4v) is 3.89. The molecule has 0 aliphatic carbocycles. The molecule has 2 amide bonds. The van der Waals surface area contributed by atoms with Gasteiger partial charge < -0.3 is 10.2 Å². The predicted octanol–water partition coefficient (Wildman–Crippen LogP) is 4.88. The summed E-state index contributed by atoms with van der Waals surface area (Å²) in [7, 11) is 0. The Bertz CT molecular complexity index is 1060. The van der Waals surface area contributed by atoms with Crippen LogP contribution in [0.3, 0.4) is 0 Å². The lowest BCUT2D eigenvalue weighted by Crippen LogP contribution is -2.44. The van der Waals surface area contributed by atoms with E-state index in [1.807, 2.05) is 73.3 Å². The molecule has 0 saturated carbocycles. The quantitative estimate of drug-likeness (QED) is 0.536. The molecule has 1 unspecified atom stereocenters. The maximum Gasteiger partial charge on any atom is 0.318 e. The fraction of sp³-hybridized carbons (Fsp3) is 0.400. The van der Waals surface area contributed by atoms with Gasteiger partial charge in [0.25, 0.3) is 5.56 Å². The van der Waals surface area contributed by atoms with Gasteiger partial charge in [-0.15, -0.1) is 0 Å². The Morgan fingerprint density at radius 2 is 1.77 bits per heavy atom. The Morgan fingerprint density at radius 3 is 2.45 bits per heavy atom. The van der Waals surface area contributed by atoms with Crippen molar-refractivity contribution >= 4 is 16.9 Å². The minimum atomic E-state index is -0.278. The summed E-state index contributed by atoms with van der Waals surface area (Å²) in [4.78, 5) is 33.1. The van der Waals surface area contributed by atoms with Gasteiger partial charge in [-0.3, -0.25) is 9.36 Å². The highest BCUT2D eigenvalue weighted by Crippen LogP contribution is 2.24. The van der Waals surface area contributed by atoms with Gasteiger partial charge in [0.2, 0.25) is 0 Å². The molecule has 0 radical (unpaired) electrons. The number of aromatic nitrogens is 2. The molecule has 1 heterocycles. The monoisotopic (exact) mass is 420 g/mol. The van der Waals surface area contributed by atoms with E-state index < -0.39 is 0 Å². The smallest absolute Gasteiger partial charge is 0.318 e. The third-order valence-electron chi connectivity index (χ3n) is 5.57. The molecule has 0 aliphatic rings. The number of amides is 2. The molecular weight excluding hydrogens is 388 g/mol. The van der Waals surface area contributed by atoms with Crippen LogP contribution in [0.25, 0.3) is 10.9 Å². The van der Waals surface area contributed by atoms with E-state index in [4.69, 9.17) is 4.98 Å². The van der Waals surface area contributed by atoms with Crippen molar-refractivity contribution in [3.63, 3.8) is 0 Å². The van der Waals surface area contributed by atoms with Gasteiger partial charge in [0.1, 0.15) is 5.82 Å². The number of hydrogen-bond acceptors (Lipinski definition) is 3. The van der Waals surface area contributed by atoms with Crippen molar-refractivity contribution in [1.82, 2.24) is 19.8 Å². The third kappa shape index (κ3) is 5.13. The summed E-state index contributed by atoms with van der Waals surface area (Å²) >= 11 is 0. The Labute approximate surface area is 183 Å². The van der Waals surface area contributed by atoms with E-state index in [-0.39, 0.29) is 17.6 Å². The third-order valence-corrected chi connectivity index (χ3v) is 5.57. The second kappa shape index (κ2) is 10.8. The van der Waals surface area contributed by atoms with Gasteiger partial charge in [-0.25, -0.2) is 9.78 Å². The van der Waals surface area contributed by atoms with Crippen LogP contribution in [0.5, 0.6) is 0 Å². The molecule has 2 aromatic carbocycles. The molecule has 164 valence electrons. The number of urea groups is 1. The predicted molar refractivity (Wildman–Crippen MR) is 125 cm³/mol. The number of carbonyl (C=O) groups is 1. The summed E-state index contributed by atoms with van der Waals surface area (Å²) in [6.07, 6.45) is 2.54. The van der Waals surface area contributed by atoms with E-state index in [0.717, 1.165) is 18.4 Å². The lowest BCUT2D eigenvalue weighted by Gasteiger charge is -2.32. The van der Waals surface area contributed by atoms with E-state index in [1.165, 1.54) is 0 Å². The van der Waals surface area contributed by atoms with Crippen LogP contribution in [0.2, 0.25) is 0 Å². The minimum Gasteiger partial charge on any atom is -0.334 e. The molecule has 0 spiro atoms. The second-order valence-electron chi connectivity index (χ2n) is 7.65. The van der Waals surface area contributed by atoms with Gasteiger partial charge >= 0.3 is 6.03 Å². The summed E-state index contributed by atoms with van der Waals surface area (Å²) in [5.74, 6) is 0.652. The first kappa shape index (κ1) is 22.5. The van der Waals surface area contributed by atoms with Gasteiger partial charge in [-0.05, 0) is 37.5 Å². The van der Waals surface area contributed by atoms with Crippen molar-refractivity contribution in [1.29, 1.82) is 0 Å². The molecule has 3 rings (SSSR count). The summed E-state index contributed by atoms with van der Waals surface area (Å²) < 4.78 is 1.71. The van der Waals surface area contributed by atoms with Crippen LogP contribution in [0.4, 0.5) is 4.79 Å². The molecule has 0 aliphatic heterocycles. The van der Waals surface area contributed by atoms with Gasteiger partial charge in [-0.1, -0.05) is 62.7 Å². The number of rotatable bonds is 9. The average molecular weight is 421 g/mol. The van der Waals surface area contributed by atoms with E-state index in [9.17, 15) is 9.59 Å². The Hall–Kier alpha value is -3.15. The maximum atomic E-state index is 13.2. The highest BCUT2D eigenvalue weighted by atomic mass is 16.2. The number of fused-ring (bicyclic) bond motifs is 1. The van der Waals surface area contributed by atoms with Crippen LogP contribution in [0.15, 0.2) is 59.4 Å². The molecule has 1 N–H and O–H groups in total.